The highest BCUT2D eigenvalue weighted by molar-refractivity contribution is 5.86. The number of benzene rings is 1. The van der Waals surface area contributed by atoms with E-state index in [2.05, 4.69) is 9.97 Å². The van der Waals surface area contributed by atoms with Crippen molar-refractivity contribution in [1.82, 2.24) is 9.97 Å². The van der Waals surface area contributed by atoms with E-state index < -0.39 is 5.97 Å². The number of rotatable bonds is 4. The Morgan fingerprint density at radius 3 is 2.56 bits per heavy atom. The van der Waals surface area contributed by atoms with E-state index in [0.29, 0.717) is 0 Å². The molecule has 0 bridgehead atoms. The number of carbonyl (C=O) groups is 1. The Balaban J connectivity index is 1.95. The van der Waals surface area contributed by atoms with E-state index in [1.807, 2.05) is 37.3 Å². The standard InChI is InChI=1S/C14H14N2O2/c1-2-12-8-16-13(9-15-12)14(17)18-10-11-6-4-3-5-7-11/h3-9H,2,10H2,1H3. The van der Waals surface area contributed by atoms with Crippen molar-refractivity contribution in [1.29, 1.82) is 0 Å². The number of carbonyl (C=O) groups excluding carboxylic acids is 1. The Labute approximate surface area is 106 Å². The number of ether oxygens (including phenoxy) is 1. The molecule has 4 heteroatoms. The van der Waals surface area contributed by atoms with Gasteiger partial charge in [0.1, 0.15) is 6.61 Å². The molecule has 1 aromatic carbocycles. The zero-order valence-corrected chi connectivity index (χ0v) is 10.2. The summed E-state index contributed by atoms with van der Waals surface area (Å²) in [5.41, 5.74) is 2.04. The minimum atomic E-state index is -0.450. The zero-order valence-electron chi connectivity index (χ0n) is 10.2. The van der Waals surface area contributed by atoms with Crippen molar-refractivity contribution in [2.24, 2.45) is 0 Å². The van der Waals surface area contributed by atoms with Gasteiger partial charge in [0.05, 0.1) is 11.9 Å². The molecule has 2 aromatic rings. The number of nitrogens with zero attached hydrogens (tertiary/aromatic N) is 2. The molecule has 0 fully saturated rings. The van der Waals surface area contributed by atoms with E-state index in [1.165, 1.54) is 6.20 Å². The summed E-state index contributed by atoms with van der Waals surface area (Å²) in [5.74, 6) is -0.450. The van der Waals surface area contributed by atoms with Gasteiger partial charge < -0.3 is 4.74 Å². The van der Waals surface area contributed by atoms with Crippen LogP contribution in [0.4, 0.5) is 0 Å². The summed E-state index contributed by atoms with van der Waals surface area (Å²) in [7, 11) is 0. The van der Waals surface area contributed by atoms with E-state index in [1.54, 1.807) is 6.20 Å². The lowest BCUT2D eigenvalue weighted by molar-refractivity contribution is 0.0465. The maximum Gasteiger partial charge on any atom is 0.358 e. The lowest BCUT2D eigenvalue weighted by Gasteiger charge is -2.04. The van der Waals surface area contributed by atoms with Crippen LogP contribution in [-0.4, -0.2) is 15.9 Å². The second-order valence-electron chi connectivity index (χ2n) is 3.81. The molecule has 0 atom stereocenters. The molecule has 4 nitrogen and oxygen atoms in total. The largest absolute Gasteiger partial charge is 0.456 e. The molecule has 0 unspecified atom stereocenters. The van der Waals surface area contributed by atoms with Crippen molar-refractivity contribution in [3.63, 3.8) is 0 Å². The predicted octanol–water partition coefficient (Wildman–Crippen LogP) is 2.40. The van der Waals surface area contributed by atoms with Crippen molar-refractivity contribution in [2.45, 2.75) is 20.0 Å². The molecule has 0 aliphatic carbocycles. The Morgan fingerprint density at radius 2 is 1.94 bits per heavy atom. The molecule has 0 spiro atoms. The van der Waals surface area contributed by atoms with Gasteiger partial charge in [-0.15, -0.1) is 0 Å². The second kappa shape index (κ2) is 5.91. The molecule has 92 valence electrons. The van der Waals surface area contributed by atoms with Gasteiger partial charge in [0.15, 0.2) is 5.69 Å². The van der Waals surface area contributed by atoms with Gasteiger partial charge in [0, 0.05) is 6.20 Å². The van der Waals surface area contributed by atoms with E-state index >= 15 is 0 Å². The highest BCUT2D eigenvalue weighted by Crippen LogP contribution is 2.04. The lowest BCUT2D eigenvalue weighted by atomic mass is 10.2. The number of hydrogen-bond donors (Lipinski definition) is 0. The molecule has 0 saturated carbocycles. The number of hydrogen-bond acceptors (Lipinski definition) is 4. The first-order valence-corrected chi connectivity index (χ1v) is 5.81. The van der Waals surface area contributed by atoms with Gasteiger partial charge in [-0.3, -0.25) is 4.98 Å². The van der Waals surface area contributed by atoms with Crippen LogP contribution < -0.4 is 0 Å². The van der Waals surface area contributed by atoms with E-state index in [-0.39, 0.29) is 12.3 Å². The normalized spacial score (nSPS) is 10.1. The van der Waals surface area contributed by atoms with Crippen molar-refractivity contribution < 1.29 is 9.53 Å². The number of aryl methyl sites for hydroxylation is 1. The van der Waals surface area contributed by atoms with Crippen LogP contribution in [0, 0.1) is 0 Å². The van der Waals surface area contributed by atoms with Gasteiger partial charge >= 0.3 is 5.97 Å². The summed E-state index contributed by atoms with van der Waals surface area (Å²) >= 11 is 0. The molecule has 18 heavy (non-hydrogen) atoms. The first-order valence-electron chi connectivity index (χ1n) is 5.81. The zero-order chi connectivity index (χ0) is 12.8. The fourth-order valence-corrected chi connectivity index (χ4v) is 1.44. The van der Waals surface area contributed by atoms with Gasteiger partial charge in [-0.2, -0.15) is 0 Å². The van der Waals surface area contributed by atoms with Crippen LogP contribution in [0.3, 0.4) is 0 Å². The third-order valence-electron chi connectivity index (χ3n) is 2.49. The maximum absolute atomic E-state index is 11.7. The van der Waals surface area contributed by atoms with Crippen molar-refractivity contribution >= 4 is 5.97 Å². The average molecular weight is 242 g/mol. The summed E-state index contributed by atoms with van der Waals surface area (Å²) in [6.45, 7) is 2.23. The van der Waals surface area contributed by atoms with Crippen LogP contribution in [0.1, 0.15) is 28.7 Å². The van der Waals surface area contributed by atoms with Crippen LogP contribution in [0.2, 0.25) is 0 Å². The topological polar surface area (TPSA) is 52.1 Å². The quantitative estimate of drug-likeness (QED) is 0.772. The Morgan fingerprint density at radius 1 is 1.17 bits per heavy atom. The average Bonchev–Trinajstić information content (AvgIpc) is 2.46. The molecular formula is C14H14N2O2. The van der Waals surface area contributed by atoms with Crippen LogP contribution >= 0.6 is 0 Å². The first-order chi connectivity index (χ1) is 8.79. The minimum absolute atomic E-state index is 0.239. The lowest BCUT2D eigenvalue weighted by Crippen LogP contribution is -2.08. The Bertz CT molecular complexity index is 509. The number of esters is 1. The molecule has 0 saturated heterocycles. The Kier molecular flexibility index (Phi) is 4.02. The van der Waals surface area contributed by atoms with Gasteiger partial charge in [0.2, 0.25) is 0 Å². The fourth-order valence-electron chi connectivity index (χ4n) is 1.44. The fraction of sp³-hybridized carbons (Fsp3) is 0.214. The maximum atomic E-state index is 11.7. The molecule has 0 aliphatic rings. The van der Waals surface area contributed by atoms with Crippen molar-refractivity contribution in [3.8, 4) is 0 Å². The summed E-state index contributed by atoms with van der Waals surface area (Å²) in [6, 6.07) is 9.52. The SMILES string of the molecule is CCc1cnc(C(=O)OCc2ccccc2)cn1. The highest BCUT2D eigenvalue weighted by atomic mass is 16.5. The summed E-state index contributed by atoms with van der Waals surface area (Å²) in [5, 5.41) is 0. The Hall–Kier alpha value is -2.23. The van der Waals surface area contributed by atoms with Gasteiger partial charge in [0.25, 0.3) is 0 Å². The van der Waals surface area contributed by atoms with Crippen molar-refractivity contribution in [2.75, 3.05) is 0 Å². The smallest absolute Gasteiger partial charge is 0.358 e. The summed E-state index contributed by atoms with van der Waals surface area (Å²) in [6.07, 6.45) is 3.84. The van der Waals surface area contributed by atoms with Crippen LogP contribution in [0.5, 0.6) is 0 Å². The first kappa shape index (κ1) is 12.2. The van der Waals surface area contributed by atoms with Crippen LogP contribution in [0.15, 0.2) is 42.7 Å². The van der Waals surface area contributed by atoms with Gasteiger partial charge in [-0.1, -0.05) is 37.3 Å². The molecule has 1 heterocycles. The van der Waals surface area contributed by atoms with Crippen molar-refractivity contribution in [3.05, 3.63) is 59.7 Å². The molecule has 0 amide bonds. The summed E-state index contributed by atoms with van der Waals surface area (Å²) in [4.78, 5) is 19.8. The van der Waals surface area contributed by atoms with Gasteiger partial charge in [-0.25, -0.2) is 9.78 Å². The van der Waals surface area contributed by atoms with Crippen LogP contribution in [-0.2, 0) is 17.8 Å². The molecule has 0 radical (unpaired) electrons. The third-order valence-corrected chi connectivity index (χ3v) is 2.49. The molecule has 2 rings (SSSR count). The highest BCUT2D eigenvalue weighted by Gasteiger charge is 2.09. The van der Waals surface area contributed by atoms with E-state index in [4.69, 9.17) is 4.74 Å². The number of aromatic nitrogens is 2. The second-order valence-corrected chi connectivity index (χ2v) is 3.81. The van der Waals surface area contributed by atoms with E-state index in [0.717, 1.165) is 17.7 Å². The van der Waals surface area contributed by atoms with Crippen LogP contribution in [0.25, 0.3) is 0 Å². The van der Waals surface area contributed by atoms with E-state index in [9.17, 15) is 4.79 Å². The van der Waals surface area contributed by atoms with Gasteiger partial charge in [-0.05, 0) is 12.0 Å². The predicted molar refractivity (Wildman–Crippen MR) is 67.0 cm³/mol. The minimum Gasteiger partial charge on any atom is -0.456 e. The molecule has 0 N–H and O–H groups in total. The monoisotopic (exact) mass is 242 g/mol. The molecule has 0 aliphatic heterocycles. The third kappa shape index (κ3) is 3.13. The molecular weight excluding hydrogens is 228 g/mol. The molecule has 1 aromatic heterocycles. The summed E-state index contributed by atoms with van der Waals surface area (Å²) < 4.78 is 5.15.